The van der Waals surface area contributed by atoms with Crippen molar-refractivity contribution < 1.29 is 36.3 Å². The van der Waals surface area contributed by atoms with E-state index < -0.39 is 50.7 Å². The van der Waals surface area contributed by atoms with Crippen LogP contribution >= 0.6 is 11.3 Å². The van der Waals surface area contributed by atoms with Gasteiger partial charge in [-0.2, -0.15) is 13.2 Å². The van der Waals surface area contributed by atoms with Gasteiger partial charge in [-0.05, 0) is 64.4 Å². The Hall–Kier alpha value is -2.25. The number of aliphatic carboxylic acids is 1. The molecule has 1 aromatic heterocycles. The molecule has 0 radical (unpaired) electrons. The molecule has 42 heavy (non-hydrogen) atoms. The maximum atomic E-state index is 14.3. The van der Waals surface area contributed by atoms with E-state index in [0.717, 1.165) is 55.6 Å². The fraction of sp³-hybridized carbons (Fsp3) is 0.690. The monoisotopic (exact) mass is 631 g/mol. The molecule has 0 aliphatic heterocycles. The number of amides is 1. The number of carboxylic acid groups (broad SMARTS) is 1. The van der Waals surface area contributed by atoms with Crippen LogP contribution in [0.15, 0.2) is 18.2 Å². The Morgan fingerprint density at radius 1 is 1.05 bits per heavy atom. The number of halogens is 3. The summed E-state index contributed by atoms with van der Waals surface area (Å²) in [6.45, 7) is 4.71. The van der Waals surface area contributed by atoms with Crippen LogP contribution in [0, 0.1) is 17.8 Å². The number of sulfonamides is 1. The first-order chi connectivity index (χ1) is 19.5. The van der Waals surface area contributed by atoms with Crippen molar-refractivity contribution in [1.82, 2.24) is 15.0 Å². The van der Waals surface area contributed by atoms with Gasteiger partial charge in [-0.1, -0.05) is 50.3 Å². The Morgan fingerprint density at radius 2 is 1.69 bits per heavy atom. The highest BCUT2D eigenvalue weighted by atomic mass is 32.2. The third-order valence-corrected chi connectivity index (χ3v) is 11.3. The molecule has 234 valence electrons. The Kier molecular flexibility index (Phi) is 9.93. The maximum absolute atomic E-state index is 14.3. The van der Waals surface area contributed by atoms with Crippen LogP contribution in [-0.2, 0) is 21.2 Å². The normalized spacial score (nSPS) is 26.1. The first kappa shape index (κ1) is 32.7. The summed E-state index contributed by atoms with van der Waals surface area (Å²) in [4.78, 5) is 29.6. The van der Waals surface area contributed by atoms with Crippen LogP contribution in [0.5, 0.6) is 0 Å². The summed E-state index contributed by atoms with van der Waals surface area (Å²) >= 11 is 1.02. The summed E-state index contributed by atoms with van der Waals surface area (Å²) in [6.07, 6.45) is 6.34. The molecule has 1 amide bonds. The van der Waals surface area contributed by atoms with Crippen LogP contribution in [0.25, 0.3) is 5.57 Å². The fourth-order valence-corrected chi connectivity index (χ4v) is 8.99. The lowest BCUT2D eigenvalue weighted by atomic mass is 9.85. The van der Waals surface area contributed by atoms with Crippen molar-refractivity contribution in [3.8, 4) is 0 Å². The van der Waals surface area contributed by atoms with Crippen molar-refractivity contribution in [2.75, 3.05) is 0 Å². The van der Waals surface area contributed by atoms with Crippen molar-refractivity contribution >= 4 is 38.8 Å². The van der Waals surface area contributed by atoms with E-state index in [1.165, 1.54) is 6.08 Å². The zero-order valence-corrected chi connectivity index (χ0v) is 25.8. The van der Waals surface area contributed by atoms with Crippen molar-refractivity contribution in [1.29, 1.82) is 0 Å². The zero-order chi connectivity index (χ0) is 30.9. The first-order valence-electron chi connectivity index (χ1n) is 14.6. The first-order valence-corrected chi connectivity index (χ1v) is 16.9. The number of carbonyl (C=O) groups is 2. The molecule has 3 aliphatic rings. The predicted octanol–water partition coefficient (Wildman–Crippen LogP) is 5.86. The number of hydrogen-bond donors (Lipinski definition) is 3. The Morgan fingerprint density at radius 3 is 2.26 bits per heavy atom. The molecule has 1 heterocycles. The second-order valence-corrected chi connectivity index (χ2v) is 15.6. The third-order valence-electron chi connectivity index (χ3n) is 8.14. The quantitative estimate of drug-likeness (QED) is 0.330. The standard InChI is InChI=1S/C29H40F3N3O5S2/c1-28(2,3)35-42(39,40)23-14-11-19(16-21(23)29(30,31)32)24-22(15-17-7-5-4-6-8-17)34-26(41-24)25(36)33-20-12-9-18(10-13-20)27(37)38/h11,14,16-18,20-21,23,35H,4-10,12-13,15H2,1-3H3,(H,33,36)(H,37,38). The number of alkyl halides is 3. The molecule has 3 N–H and O–H groups in total. The molecule has 0 spiro atoms. The van der Waals surface area contributed by atoms with Crippen molar-refractivity contribution in [3.63, 3.8) is 0 Å². The lowest BCUT2D eigenvalue weighted by molar-refractivity contribution is -0.159. The highest BCUT2D eigenvalue weighted by Gasteiger charge is 2.49. The highest BCUT2D eigenvalue weighted by molar-refractivity contribution is 7.90. The summed E-state index contributed by atoms with van der Waals surface area (Å²) in [5.41, 5.74) is -0.186. The van der Waals surface area contributed by atoms with Crippen LogP contribution in [0.1, 0.15) is 98.9 Å². The Bertz CT molecular complexity index is 1320. The van der Waals surface area contributed by atoms with E-state index in [9.17, 15) is 36.3 Å². The van der Waals surface area contributed by atoms with Crippen LogP contribution in [0.3, 0.4) is 0 Å². The van der Waals surface area contributed by atoms with Gasteiger partial charge in [0.2, 0.25) is 10.0 Å². The SMILES string of the molecule is CC(C)(C)NS(=O)(=O)C1C=CC(c2sc(C(=O)NC3CCC(C(=O)O)CC3)nc2CC2CCCCC2)=CC1C(F)(F)F. The second kappa shape index (κ2) is 12.8. The topological polar surface area (TPSA) is 125 Å². The number of allylic oxidation sites excluding steroid dienone is 3. The third kappa shape index (κ3) is 8.22. The van der Waals surface area contributed by atoms with Crippen LogP contribution in [0.2, 0.25) is 0 Å². The molecule has 3 aliphatic carbocycles. The summed E-state index contributed by atoms with van der Waals surface area (Å²) < 4.78 is 71.2. The molecule has 13 heteroatoms. The lowest BCUT2D eigenvalue weighted by Gasteiger charge is -2.31. The predicted molar refractivity (Wildman–Crippen MR) is 155 cm³/mol. The highest BCUT2D eigenvalue weighted by Crippen LogP contribution is 2.42. The van der Waals surface area contributed by atoms with Crippen LogP contribution in [-0.4, -0.2) is 53.4 Å². The van der Waals surface area contributed by atoms with Crippen LogP contribution in [0.4, 0.5) is 13.2 Å². The van der Waals surface area contributed by atoms with E-state index in [1.54, 1.807) is 20.8 Å². The number of nitrogens with zero attached hydrogens (tertiary/aromatic N) is 1. The number of carbonyl (C=O) groups excluding carboxylic acids is 1. The summed E-state index contributed by atoms with van der Waals surface area (Å²) in [6, 6.07) is -0.202. The van der Waals surface area contributed by atoms with E-state index in [4.69, 9.17) is 0 Å². The van der Waals surface area contributed by atoms with Gasteiger partial charge in [0.05, 0.1) is 22.4 Å². The molecule has 8 nitrogen and oxygen atoms in total. The van der Waals surface area contributed by atoms with Gasteiger partial charge < -0.3 is 10.4 Å². The lowest BCUT2D eigenvalue weighted by Crippen LogP contribution is -2.49. The van der Waals surface area contributed by atoms with Gasteiger partial charge in [0, 0.05) is 11.6 Å². The summed E-state index contributed by atoms with van der Waals surface area (Å²) in [5.74, 6) is -3.67. The van der Waals surface area contributed by atoms with Gasteiger partial charge in [0.25, 0.3) is 5.91 Å². The molecule has 1 aromatic rings. The average molecular weight is 632 g/mol. The molecular weight excluding hydrogens is 591 g/mol. The Balaban J connectivity index is 1.63. The van der Waals surface area contributed by atoms with E-state index >= 15 is 0 Å². The number of hydrogen-bond acceptors (Lipinski definition) is 6. The van der Waals surface area contributed by atoms with Gasteiger partial charge in [-0.25, -0.2) is 18.1 Å². The zero-order valence-electron chi connectivity index (χ0n) is 24.2. The minimum Gasteiger partial charge on any atom is -0.481 e. The molecule has 2 saturated carbocycles. The van der Waals surface area contributed by atoms with Gasteiger partial charge in [0.1, 0.15) is 5.25 Å². The van der Waals surface area contributed by atoms with Crippen molar-refractivity contribution in [2.45, 2.75) is 108 Å². The smallest absolute Gasteiger partial charge is 0.396 e. The molecular formula is C29H40F3N3O5S2. The minimum absolute atomic E-state index is 0.137. The number of carboxylic acids is 1. The average Bonchev–Trinajstić information content (AvgIpc) is 3.31. The molecule has 0 bridgehead atoms. The number of aromatic nitrogens is 1. The van der Waals surface area contributed by atoms with E-state index in [2.05, 4.69) is 15.0 Å². The Labute approximate surface area is 249 Å². The molecule has 4 rings (SSSR count). The summed E-state index contributed by atoms with van der Waals surface area (Å²) in [7, 11) is -4.36. The van der Waals surface area contributed by atoms with Gasteiger partial charge >= 0.3 is 12.1 Å². The van der Waals surface area contributed by atoms with Gasteiger partial charge in [0.15, 0.2) is 5.01 Å². The van der Waals surface area contributed by atoms with E-state index in [1.807, 2.05) is 0 Å². The molecule has 2 fully saturated rings. The molecule has 2 atom stereocenters. The molecule has 0 saturated heterocycles. The fourth-order valence-electron chi connectivity index (χ4n) is 6.09. The second-order valence-electron chi connectivity index (χ2n) is 12.8. The van der Waals surface area contributed by atoms with Crippen LogP contribution < -0.4 is 10.0 Å². The van der Waals surface area contributed by atoms with Gasteiger partial charge in [-0.3, -0.25) is 9.59 Å². The molecule has 2 unspecified atom stereocenters. The van der Waals surface area contributed by atoms with Crippen molar-refractivity contribution in [3.05, 3.63) is 33.8 Å². The largest absolute Gasteiger partial charge is 0.481 e. The summed E-state index contributed by atoms with van der Waals surface area (Å²) in [5, 5.41) is 10.5. The number of thiazole rings is 1. The van der Waals surface area contributed by atoms with E-state index in [0.29, 0.717) is 48.6 Å². The van der Waals surface area contributed by atoms with Crippen molar-refractivity contribution in [2.24, 2.45) is 17.8 Å². The maximum Gasteiger partial charge on any atom is 0.396 e. The van der Waals surface area contributed by atoms with E-state index in [-0.39, 0.29) is 16.6 Å². The minimum atomic E-state index is -4.82. The van der Waals surface area contributed by atoms with Gasteiger partial charge in [-0.15, -0.1) is 11.3 Å². The number of nitrogens with one attached hydrogen (secondary N) is 2. The number of rotatable bonds is 8. The molecule has 0 aromatic carbocycles.